The number of hydrogen-bond donors (Lipinski definition) is 2. The largest absolute Gasteiger partial charge is 0.493 e. The van der Waals surface area contributed by atoms with Gasteiger partial charge in [0.15, 0.2) is 17.7 Å². The van der Waals surface area contributed by atoms with Gasteiger partial charge in [-0.2, -0.15) is 4.98 Å². The van der Waals surface area contributed by atoms with Crippen molar-refractivity contribution in [1.29, 1.82) is 0 Å². The highest BCUT2D eigenvalue weighted by Crippen LogP contribution is 2.19. The van der Waals surface area contributed by atoms with Gasteiger partial charge < -0.3 is 14.8 Å². The van der Waals surface area contributed by atoms with Crippen LogP contribution in [0.5, 0.6) is 5.88 Å². The number of nitrogens with one attached hydrogen (secondary N) is 1. The van der Waals surface area contributed by atoms with E-state index in [0.29, 0.717) is 12.1 Å². The fourth-order valence-electron chi connectivity index (χ4n) is 1.89. The van der Waals surface area contributed by atoms with E-state index in [1.807, 2.05) is 6.92 Å². The molecule has 0 atom stereocenters. The molecule has 2 aromatic heterocycles. The van der Waals surface area contributed by atoms with Crippen LogP contribution in [0.15, 0.2) is 10.9 Å². The number of aromatic amines is 1. The van der Waals surface area contributed by atoms with Gasteiger partial charge in [-0.05, 0) is 13.3 Å². The van der Waals surface area contributed by atoms with Crippen molar-refractivity contribution in [3.8, 4) is 17.4 Å². The van der Waals surface area contributed by atoms with Crippen molar-refractivity contribution in [2.24, 2.45) is 0 Å². The van der Waals surface area contributed by atoms with Crippen molar-refractivity contribution in [3.63, 3.8) is 0 Å². The maximum absolute atomic E-state index is 11.9. The molecule has 0 fully saturated rings. The second-order valence-electron chi connectivity index (χ2n) is 4.41. The van der Waals surface area contributed by atoms with Crippen molar-refractivity contribution in [1.82, 2.24) is 19.9 Å². The van der Waals surface area contributed by atoms with E-state index in [2.05, 4.69) is 26.3 Å². The van der Waals surface area contributed by atoms with Crippen molar-refractivity contribution in [3.05, 3.63) is 34.0 Å². The SMILES string of the molecule is CCCc1cc(O)nc(-c2n[c][nH]c(=O)c2C(=O)OCC)n1. The molecular weight excluding hydrogens is 288 g/mol. The van der Waals surface area contributed by atoms with Crippen LogP contribution >= 0.6 is 0 Å². The molecule has 8 nitrogen and oxygen atoms in total. The van der Waals surface area contributed by atoms with Gasteiger partial charge in [0.1, 0.15) is 5.69 Å². The van der Waals surface area contributed by atoms with Crippen molar-refractivity contribution in [2.75, 3.05) is 6.61 Å². The molecule has 0 spiro atoms. The minimum absolute atomic E-state index is 0.0196. The van der Waals surface area contributed by atoms with Crippen LogP contribution in [0.2, 0.25) is 0 Å². The molecule has 0 saturated carbocycles. The fraction of sp³-hybridized carbons (Fsp3) is 0.357. The zero-order valence-electron chi connectivity index (χ0n) is 12.2. The molecular formula is C14H15N4O4. The van der Waals surface area contributed by atoms with E-state index >= 15 is 0 Å². The number of aryl methyl sites for hydroxylation is 1. The molecule has 1 radical (unpaired) electrons. The van der Waals surface area contributed by atoms with Gasteiger partial charge in [0, 0.05) is 11.8 Å². The smallest absolute Gasteiger partial charge is 0.346 e. The summed E-state index contributed by atoms with van der Waals surface area (Å²) in [6.45, 7) is 3.69. The second kappa shape index (κ2) is 6.79. The third-order valence-corrected chi connectivity index (χ3v) is 2.76. The summed E-state index contributed by atoms with van der Waals surface area (Å²) in [6, 6.07) is 1.42. The van der Waals surface area contributed by atoms with E-state index in [-0.39, 0.29) is 29.6 Å². The van der Waals surface area contributed by atoms with E-state index in [1.54, 1.807) is 6.92 Å². The molecule has 22 heavy (non-hydrogen) atoms. The Morgan fingerprint density at radius 2 is 2.18 bits per heavy atom. The number of rotatable bonds is 5. The Morgan fingerprint density at radius 1 is 1.41 bits per heavy atom. The van der Waals surface area contributed by atoms with Gasteiger partial charge in [0.2, 0.25) is 5.88 Å². The Balaban J connectivity index is 2.60. The summed E-state index contributed by atoms with van der Waals surface area (Å²) in [6.07, 6.45) is 3.71. The lowest BCUT2D eigenvalue weighted by Crippen LogP contribution is -2.22. The topological polar surface area (TPSA) is 118 Å². The van der Waals surface area contributed by atoms with Gasteiger partial charge in [-0.25, -0.2) is 14.8 Å². The van der Waals surface area contributed by atoms with Crippen LogP contribution in [0.4, 0.5) is 0 Å². The van der Waals surface area contributed by atoms with Crippen LogP contribution in [0, 0.1) is 6.33 Å². The number of nitrogens with zero attached hydrogens (tertiary/aromatic N) is 3. The van der Waals surface area contributed by atoms with Gasteiger partial charge in [-0.15, -0.1) is 0 Å². The van der Waals surface area contributed by atoms with E-state index < -0.39 is 11.5 Å². The molecule has 0 amide bonds. The summed E-state index contributed by atoms with van der Waals surface area (Å²) in [5.41, 5.74) is -0.501. The Labute approximate surface area is 126 Å². The van der Waals surface area contributed by atoms with E-state index in [1.165, 1.54) is 6.07 Å². The van der Waals surface area contributed by atoms with Crippen molar-refractivity contribution in [2.45, 2.75) is 26.7 Å². The number of ether oxygens (including phenoxy) is 1. The number of carbonyl (C=O) groups excluding carboxylic acids is 1. The molecule has 0 aliphatic heterocycles. The molecule has 0 bridgehead atoms. The Kier molecular flexibility index (Phi) is 4.82. The number of aromatic hydroxyl groups is 1. The van der Waals surface area contributed by atoms with E-state index in [0.717, 1.165) is 6.42 Å². The molecule has 115 valence electrons. The van der Waals surface area contributed by atoms with E-state index in [9.17, 15) is 14.7 Å². The number of aromatic nitrogens is 4. The summed E-state index contributed by atoms with van der Waals surface area (Å²) in [5, 5.41) is 9.69. The molecule has 2 N–H and O–H groups in total. The van der Waals surface area contributed by atoms with Gasteiger partial charge in [0.25, 0.3) is 5.56 Å². The van der Waals surface area contributed by atoms with Gasteiger partial charge in [-0.1, -0.05) is 13.3 Å². The lowest BCUT2D eigenvalue weighted by molar-refractivity contribution is 0.0524. The van der Waals surface area contributed by atoms with Gasteiger partial charge >= 0.3 is 5.97 Å². The zero-order valence-corrected chi connectivity index (χ0v) is 12.2. The Bertz CT molecular complexity index is 742. The van der Waals surface area contributed by atoms with Crippen LogP contribution < -0.4 is 5.56 Å². The van der Waals surface area contributed by atoms with Crippen LogP contribution in [-0.4, -0.2) is 37.6 Å². The number of hydrogen-bond acceptors (Lipinski definition) is 7. The summed E-state index contributed by atoms with van der Waals surface area (Å²) in [7, 11) is 0. The highest BCUT2D eigenvalue weighted by Gasteiger charge is 2.22. The lowest BCUT2D eigenvalue weighted by atomic mass is 10.2. The first-order chi connectivity index (χ1) is 10.6. The Morgan fingerprint density at radius 3 is 2.86 bits per heavy atom. The first-order valence-electron chi connectivity index (χ1n) is 6.81. The molecule has 0 unspecified atom stereocenters. The third-order valence-electron chi connectivity index (χ3n) is 2.76. The fourth-order valence-corrected chi connectivity index (χ4v) is 1.89. The summed E-state index contributed by atoms with van der Waals surface area (Å²) in [4.78, 5) is 37.9. The second-order valence-corrected chi connectivity index (χ2v) is 4.41. The average molecular weight is 303 g/mol. The standard InChI is InChI=1S/C14H15N4O4/c1-3-5-8-6-9(19)18-12(17-8)11-10(14(21)22-4-2)13(20)16-7-15-11/h6H,3-5H2,1-2H3,(H,15,16,20)(H,17,18,19). The van der Waals surface area contributed by atoms with Gasteiger partial charge in [-0.3, -0.25) is 4.79 Å². The lowest BCUT2D eigenvalue weighted by Gasteiger charge is -2.07. The monoisotopic (exact) mass is 303 g/mol. The zero-order chi connectivity index (χ0) is 16.1. The molecule has 2 rings (SSSR count). The highest BCUT2D eigenvalue weighted by molar-refractivity contribution is 5.94. The van der Waals surface area contributed by atoms with Crippen LogP contribution in [-0.2, 0) is 11.2 Å². The number of carbonyl (C=O) groups is 1. The summed E-state index contributed by atoms with van der Waals surface area (Å²) < 4.78 is 4.85. The summed E-state index contributed by atoms with van der Waals surface area (Å²) in [5.74, 6) is -1.11. The minimum Gasteiger partial charge on any atom is -0.493 e. The molecule has 0 saturated heterocycles. The molecule has 0 aromatic carbocycles. The van der Waals surface area contributed by atoms with Crippen molar-refractivity contribution < 1.29 is 14.6 Å². The quantitative estimate of drug-likeness (QED) is 0.786. The van der Waals surface area contributed by atoms with E-state index in [4.69, 9.17) is 4.74 Å². The first-order valence-corrected chi connectivity index (χ1v) is 6.81. The van der Waals surface area contributed by atoms with Gasteiger partial charge in [0.05, 0.1) is 6.61 Å². The average Bonchev–Trinajstić information content (AvgIpc) is 2.47. The Hall–Kier alpha value is -2.77. The predicted molar refractivity (Wildman–Crippen MR) is 76.3 cm³/mol. The van der Waals surface area contributed by atoms with Crippen molar-refractivity contribution >= 4 is 5.97 Å². The first kappa shape index (κ1) is 15.6. The van der Waals surface area contributed by atoms with Crippen LogP contribution in [0.1, 0.15) is 36.3 Å². The summed E-state index contributed by atoms with van der Waals surface area (Å²) >= 11 is 0. The minimum atomic E-state index is -0.829. The maximum atomic E-state index is 11.9. The molecule has 2 aromatic rings. The predicted octanol–water partition coefficient (Wildman–Crippen LogP) is 0.862. The maximum Gasteiger partial charge on any atom is 0.346 e. The highest BCUT2D eigenvalue weighted by atomic mass is 16.5. The van der Waals surface area contributed by atoms with Crippen LogP contribution in [0.3, 0.4) is 0 Å². The molecule has 2 heterocycles. The third kappa shape index (κ3) is 3.27. The molecule has 0 aliphatic carbocycles. The molecule has 8 heteroatoms. The number of H-pyrrole nitrogens is 1. The van der Waals surface area contributed by atoms with Crippen LogP contribution in [0.25, 0.3) is 11.5 Å². The molecule has 0 aliphatic rings. The normalized spacial score (nSPS) is 10.5. The number of esters is 1.